The number of ether oxygens (including phenoxy) is 1. The molecule has 1 N–H and O–H groups in total. The van der Waals surface area contributed by atoms with Crippen LogP contribution in [0.25, 0.3) is 0 Å². The molecule has 0 aromatic heterocycles. The zero-order valence-electron chi connectivity index (χ0n) is 8.05. The first kappa shape index (κ1) is 10.9. The summed E-state index contributed by atoms with van der Waals surface area (Å²) < 4.78 is 5.39. The molecule has 68 valence electrons. The fraction of sp³-hybridized carbons (Fsp3) is 1.00. The van der Waals surface area contributed by atoms with Crippen molar-refractivity contribution >= 4 is 0 Å². The van der Waals surface area contributed by atoms with Crippen LogP contribution in [-0.4, -0.2) is 23.4 Å². The van der Waals surface area contributed by atoms with Gasteiger partial charge >= 0.3 is 0 Å². The molecule has 0 aromatic rings. The lowest BCUT2D eigenvalue weighted by atomic mass is 10.2. The number of aliphatic hydroxyl groups is 1. The van der Waals surface area contributed by atoms with Crippen LogP contribution in [0.15, 0.2) is 0 Å². The lowest BCUT2D eigenvalue weighted by Crippen LogP contribution is -2.25. The largest absolute Gasteiger partial charge is 0.391 e. The first-order valence-corrected chi connectivity index (χ1v) is 4.27. The van der Waals surface area contributed by atoms with Crippen LogP contribution in [-0.2, 0) is 4.74 Å². The van der Waals surface area contributed by atoms with E-state index < -0.39 is 0 Å². The molecule has 0 aromatic carbocycles. The second-order valence-electron chi connectivity index (χ2n) is 3.87. The summed E-state index contributed by atoms with van der Waals surface area (Å²) >= 11 is 0. The van der Waals surface area contributed by atoms with Gasteiger partial charge in [0.15, 0.2) is 0 Å². The molecule has 0 heterocycles. The first-order valence-electron chi connectivity index (χ1n) is 4.27. The van der Waals surface area contributed by atoms with Crippen molar-refractivity contribution in [2.24, 2.45) is 0 Å². The van der Waals surface area contributed by atoms with Gasteiger partial charge in [0.2, 0.25) is 0 Å². The summed E-state index contributed by atoms with van der Waals surface area (Å²) in [6, 6.07) is 0. The molecule has 2 heteroatoms. The quantitative estimate of drug-likeness (QED) is 0.681. The number of aliphatic hydroxyl groups excluding tert-OH is 1. The number of hydrogen-bond donors (Lipinski definition) is 1. The summed E-state index contributed by atoms with van der Waals surface area (Å²) in [5, 5.41) is 9.29. The SMILES string of the molecule is CCCC(O)COC(C)(C)C. The average Bonchev–Trinajstić information content (AvgIpc) is 1.83. The van der Waals surface area contributed by atoms with Crippen LogP contribution in [0.4, 0.5) is 0 Å². The van der Waals surface area contributed by atoms with E-state index in [9.17, 15) is 5.11 Å². The fourth-order valence-electron chi connectivity index (χ4n) is 0.763. The molecule has 0 amide bonds. The van der Waals surface area contributed by atoms with Crippen LogP contribution in [0, 0.1) is 0 Å². The molecule has 1 unspecified atom stereocenters. The van der Waals surface area contributed by atoms with Crippen LogP contribution in [0.1, 0.15) is 40.5 Å². The van der Waals surface area contributed by atoms with Crippen LogP contribution in [0.3, 0.4) is 0 Å². The lowest BCUT2D eigenvalue weighted by molar-refractivity contribution is -0.0505. The van der Waals surface area contributed by atoms with Gasteiger partial charge in [0.05, 0.1) is 18.3 Å². The minimum atomic E-state index is -0.292. The molecule has 0 aliphatic heterocycles. The van der Waals surface area contributed by atoms with E-state index in [2.05, 4.69) is 6.92 Å². The van der Waals surface area contributed by atoms with Gasteiger partial charge in [-0.1, -0.05) is 13.3 Å². The summed E-state index contributed by atoms with van der Waals surface area (Å²) in [6.45, 7) is 8.49. The average molecular weight is 160 g/mol. The zero-order chi connectivity index (χ0) is 8.91. The van der Waals surface area contributed by atoms with E-state index in [1.807, 2.05) is 20.8 Å². The molecule has 0 rings (SSSR count). The van der Waals surface area contributed by atoms with Gasteiger partial charge in [-0.3, -0.25) is 0 Å². The van der Waals surface area contributed by atoms with Gasteiger partial charge in [0, 0.05) is 0 Å². The molecule has 0 saturated carbocycles. The molecule has 0 spiro atoms. The highest BCUT2D eigenvalue weighted by Crippen LogP contribution is 2.08. The Kier molecular flexibility index (Phi) is 4.69. The molecule has 0 aliphatic carbocycles. The van der Waals surface area contributed by atoms with Gasteiger partial charge in [0.1, 0.15) is 0 Å². The van der Waals surface area contributed by atoms with Gasteiger partial charge in [-0.05, 0) is 27.2 Å². The van der Waals surface area contributed by atoms with Crippen molar-refractivity contribution in [3.8, 4) is 0 Å². The molecule has 11 heavy (non-hydrogen) atoms. The molecule has 0 fully saturated rings. The van der Waals surface area contributed by atoms with E-state index in [0.717, 1.165) is 12.8 Å². The summed E-state index contributed by atoms with van der Waals surface area (Å²) in [7, 11) is 0. The predicted molar refractivity (Wildman–Crippen MR) is 46.6 cm³/mol. The van der Waals surface area contributed by atoms with Crippen LogP contribution in [0.2, 0.25) is 0 Å². The monoisotopic (exact) mass is 160 g/mol. The van der Waals surface area contributed by atoms with Crippen molar-refractivity contribution < 1.29 is 9.84 Å². The molecule has 0 bridgehead atoms. The maximum Gasteiger partial charge on any atom is 0.0773 e. The Bertz CT molecular complexity index is 94.2. The summed E-state index contributed by atoms with van der Waals surface area (Å²) in [4.78, 5) is 0. The highest BCUT2D eigenvalue weighted by atomic mass is 16.5. The van der Waals surface area contributed by atoms with E-state index >= 15 is 0 Å². The van der Waals surface area contributed by atoms with Crippen molar-refractivity contribution in [2.45, 2.75) is 52.2 Å². The van der Waals surface area contributed by atoms with Crippen molar-refractivity contribution in [3.63, 3.8) is 0 Å². The summed E-state index contributed by atoms with van der Waals surface area (Å²) in [5.74, 6) is 0. The maximum absolute atomic E-state index is 9.29. The van der Waals surface area contributed by atoms with Crippen LogP contribution >= 0.6 is 0 Å². The smallest absolute Gasteiger partial charge is 0.0773 e. The zero-order valence-corrected chi connectivity index (χ0v) is 8.05. The van der Waals surface area contributed by atoms with E-state index in [1.54, 1.807) is 0 Å². The third-order valence-corrected chi connectivity index (χ3v) is 1.33. The standard InChI is InChI=1S/C9H20O2/c1-5-6-8(10)7-11-9(2,3)4/h8,10H,5-7H2,1-4H3. The van der Waals surface area contributed by atoms with E-state index in [0.29, 0.717) is 6.61 Å². The Morgan fingerprint density at radius 1 is 1.36 bits per heavy atom. The van der Waals surface area contributed by atoms with Crippen molar-refractivity contribution in [1.29, 1.82) is 0 Å². The van der Waals surface area contributed by atoms with E-state index in [4.69, 9.17) is 4.74 Å². The highest BCUT2D eigenvalue weighted by molar-refractivity contribution is 4.61. The summed E-state index contributed by atoms with van der Waals surface area (Å²) in [6.07, 6.45) is 1.55. The number of rotatable bonds is 4. The highest BCUT2D eigenvalue weighted by Gasteiger charge is 2.12. The Labute approximate surface area is 69.6 Å². The Hall–Kier alpha value is -0.0800. The second-order valence-corrected chi connectivity index (χ2v) is 3.87. The van der Waals surface area contributed by atoms with Gasteiger partial charge in [0.25, 0.3) is 0 Å². The third kappa shape index (κ3) is 7.82. The van der Waals surface area contributed by atoms with Gasteiger partial charge < -0.3 is 9.84 Å². The lowest BCUT2D eigenvalue weighted by Gasteiger charge is -2.21. The molecule has 0 radical (unpaired) electrons. The summed E-state index contributed by atoms with van der Waals surface area (Å²) in [5.41, 5.74) is -0.130. The fourth-order valence-corrected chi connectivity index (χ4v) is 0.763. The van der Waals surface area contributed by atoms with Gasteiger partial charge in [-0.25, -0.2) is 0 Å². The van der Waals surface area contributed by atoms with Crippen molar-refractivity contribution in [1.82, 2.24) is 0 Å². The molecule has 0 aliphatic rings. The molecule has 1 atom stereocenters. The minimum absolute atomic E-state index is 0.130. The molecule has 2 nitrogen and oxygen atoms in total. The molecule has 0 saturated heterocycles. The minimum Gasteiger partial charge on any atom is -0.391 e. The van der Waals surface area contributed by atoms with Crippen molar-refractivity contribution in [2.75, 3.05) is 6.61 Å². The second kappa shape index (κ2) is 4.73. The van der Waals surface area contributed by atoms with Gasteiger partial charge in [-0.15, -0.1) is 0 Å². The maximum atomic E-state index is 9.29. The normalized spacial score (nSPS) is 15.0. The third-order valence-electron chi connectivity index (χ3n) is 1.33. The van der Waals surface area contributed by atoms with E-state index in [-0.39, 0.29) is 11.7 Å². The molecular weight excluding hydrogens is 140 g/mol. The first-order chi connectivity index (χ1) is 4.95. The van der Waals surface area contributed by atoms with Crippen LogP contribution in [0.5, 0.6) is 0 Å². The Morgan fingerprint density at radius 3 is 2.27 bits per heavy atom. The topological polar surface area (TPSA) is 29.5 Å². The predicted octanol–water partition coefficient (Wildman–Crippen LogP) is 1.96. The Balaban J connectivity index is 3.38. The van der Waals surface area contributed by atoms with Gasteiger partial charge in [-0.2, -0.15) is 0 Å². The van der Waals surface area contributed by atoms with Crippen LogP contribution < -0.4 is 0 Å². The van der Waals surface area contributed by atoms with E-state index in [1.165, 1.54) is 0 Å². The Morgan fingerprint density at radius 2 is 1.91 bits per heavy atom. The number of hydrogen-bond acceptors (Lipinski definition) is 2. The molecular formula is C9H20O2. The van der Waals surface area contributed by atoms with Crippen molar-refractivity contribution in [3.05, 3.63) is 0 Å².